The van der Waals surface area contributed by atoms with Crippen molar-refractivity contribution < 1.29 is 9.53 Å². The number of esters is 1. The first-order valence-corrected chi connectivity index (χ1v) is 5.79. The van der Waals surface area contributed by atoms with Gasteiger partial charge in [0.2, 0.25) is 0 Å². The Hall–Kier alpha value is -0.930. The minimum atomic E-state index is -0.394. The number of hydrogen-bond acceptors (Lipinski definition) is 3. The van der Waals surface area contributed by atoms with Gasteiger partial charge in [0.1, 0.15) is 6.10 Å². The average Bonchev–Trinajstić information content (AvgIpc) is 2.19. The fourth-order valence-electron chi connectivity index (χ4n) is 1.44. The summed E-state index contributed by atoms with van der Waals surface area (Å²) in [6.45, 7) is 0. The highest BCUT2D eigenvalue weighted by atomic mass is 35.5. The molecule has 0 unspecified atom stereocenters. The summed E-state index contributed by atoms with van der Waals surface area (Å²) < 4.78 is 5.23. The van der Waals surface area contributed by atoms with Gasteiger partial charge in [0.25, 0.3) is 0 Å². The van der Waals surface area contributed by atoms with Crippen molar-refractivity contribution in [1.29, 1.82) is 0 Å². The van der Waals surface area contributed by atoms with Crippen LogP contribution in [0.4, 0.5) is 5.69 Å². The normalized spacial score (nSPS) is 15.6. The summed E-state index contributed by atoms with van der Waals surface area (Å²) in [4.78, 5) is 11.7. The van der Waals surface area contributed by atoms with Crippen LogP contribution in [0.1, 0.15) is 29.6 Å². The third-order valence-electron chi connectivity index (χ3n) is 2.62. The molecule has 16 heavy (non-hydrogen) atoms. The van der Waals surface area contributed by atoms with E-state index in [1.165, 1.54) is 12.1 Å². The van der Waals surface area contributed by atoms with Crippen LogP contribution in [0.5, 0.6) is 0 Å². The summed E-state index contributed by atoms with van der Waals surface area (Å²) in [5.74, 6) is -0.394. The topological polar surface area (TPSA) is 52.3 Å². The van der Waals surface area contributed by atoms with Crippen molar-refractivity contribution in [3.05, 3.63) is 27.7 Å². The quantitative estimate of drug-likeness (QED) is 0.655. The lowest BCUT2D eigenvalue weighted by molar-refractivity contribution is 0.00902. The maximum Gasteiger partial charge on any atom is 0.338 e. The molecule has 0 spiro atoms. The van der Waals surface area contributed by atoms with Gasteiger partial charge in [-0.05, 0) is 31.4 Å². The number of carbonyl (C=O) groups excluding carboxylic acids is 1. The third kappa shape index (κ3) is 2.25. The summed E-state index contributed by atoms with van der Waals surface area (Å²) in [5.41, 5.74) is 6.25. The molecule has 1 aromatic rings. The average molecular weight is 260 g/mol. The minimum absolute atomic E-state index is 0.0446. The molecule has 1 fully saturated rings. The molecule has 0 heterocycles. The van der Waals surface area contributed by atoms with Crippen molar-refractivity contribution in [2.24, 2.45) is 0 Å². The predicted molar refractivity (Wildman–Crippen MR) is 63.9 cm³/mol. The number of hydrogen-bond donors (Lipinski definition) is 1. The summed E-state index contributed by atoms with van der Waals surface area (Å²) in [5, 5.41) is 0.532. The van der Waals surface area contributed by atoms with Crippen LogP contribution in [-0.2, 0) is 4.74 Å². The Bertz CT molecular complexity index is 407. The van der Waals surface area contributed by atoms with Crippen LogP contribution in [0.15, 0.2) is 12.1 Å². The molecule has 0 aliphatic heterocycles. The molecular formula is C11H11Cl2NO2. The highest BCUT2D eigenvalue weighted by molar-refractivity contribution is 6.43. The van der Waals surface area contributed by atoms with Crippen LogP contribution >= 0.6 is 23.2 Å². The first-order chi connectivity index (χ1) is 7.58. The Kier molecular flexibility index (Phi) is 3.26. The SMILES string of the molecule is Nc1cc(C(=O)OC2CCC2)cc(Cl)c1Cl. The van der Waals surface area contributed by atoms with Gasteiger partial charge in [-0.15, -0.1) is 0 Å². The Labute approximate surface area is 103 Å². The fourth-order valence-corrected chi connectivity index (χ4v) is 1.77. The zero-order valence-electron chi connectivity index (χ0n) is 8.50. The van der Waals surface area contributed by atoms with Gasteiger partial charge in [0.05, 0.1) is 21.3 Å². The van der Waals surface area contributed by atoms with Gasteiger partial charge in [0.15, 0.2) is 0 Å². The van der Waals surface area contributed by atoms with E-state index in [2.05, 4.69) is 0 Å². The van der Waals surface area contributed by atoms with Gasteiger partial charge in [0, 0.05) is 0 Å². The van der Waals surface area contributed by atoms with E-state index < -0.39 is 5.97 Å². The van der Waals surface area contributed by atoms with Gasteiger partial charge in [-0.2, -0.15) is 0 Å². The molecule has 1 aromatic carbocycles. The fraction of sp³-hybridized carbons (Fsp3) is 0.364. The Morgan fingerprint density at radius 3 is 2.56 bits per heavy atom. The maximum atomic E-state index is 11.7. The Morgan fingerprint density at radius 1 is 1.38 bits per heavy atom. The van der Waals surface area contributed by atoms with E-state index in [4.69, 9.17) is 33.7 Å². The molecule has 1 saturated carbocycles. The zero-order chi connectivity index (χ0) is 11.7. The third-order valence-corrected chi connectivity index (χ3v) is 3.43. The summed E-state index contributed by atoms with van der Waals surface area (Å²) >= 11 is 11.6. The molecule has 0 aromatic heterocycles. The lowest BCUT2D eigenvalue weighted by Crippen LogP contribution is -2.25. The number of rotatable bonds is 2. The molecule has 1 aliphatic carbocycles. The number of ether oxygens (including phenoxy) is 1. The van der Waals surface area contributed by atoms with E-state index in [1.807, 2.05) is 0 Å². The highest BCUT2D eigenvalue weighted by Crippen LogP contribution is 2.30. The lowest BCUT2D eigenvalue weighted by Gasteiger charge is -2.25. The molecule has 3 nitrogen and oxygen atoms in total. The van der Waals surface area contributed by atoms with Gasteiger partial charge in [-0.3, -0.25) is 0 Å². The first kappa shape index (κ1) is 11.6. The number of benzene rings is 1. The number of nitrogens with two attached hydrogens (primary N) is 1. The van der Waals surface area contributed by atoms with E-state index in [-0.39, 0.29) is 21.8 Å². The van der Waals surface area contributed by atoms with Crippen LogP contribution < -0.4 is 5.73 Å². The molecule has 0 radical (unpaired) electrons. The second-order valence-electron chi connectivity index (χ2n) is 3.82. The van der Waals surface area contributed by atoms with Crippen LogP contribution in [-0.4, -0.2) is 12.1 Å². The van der Waals surface area contributed by atoms with Crippen molar-refractivity contribution >= 4 is 34.9 Å². The van der Waals surface area contributed by atoms with E-state index in [9.17, 15) is 4.79 Å². The Morgan fingerprint density at radius 2 is 2.06 bits per heavy atom. The zero-order valence-corrected chi connectivity index (χ0v) is 10.0. The molecule has 0 atom stereocenters. The monoisotopic (exact) mass is 259 g/mol. The van der Waals surface area contributed by atoms with Crippen molar-refractivity contribution in [1.82, 2.24) is 0 Å². The van der Waals surface area contributed by atoms with Crippen LogP contribution in [0, 0.1) is 0 Å². The second-order valence-corrected chi connectivity index (χ2v) is 4.60. The lowest BCUT2D eigenvalue weighted by atomic mass is 9.96. The van der Waals surface area contributed by atoms with Gasteiger partial charge in [-0.1, -0.05) is 23.2 Å². The van der Waals surface area contributed by atoms with Gasteiger partial charge >= 0.3 is 5.97 Å². The standard InChI is InChI=1S/C11H11Cl2NO2/c12-8-4-6(5-9(14)10(8)13)11(15)16-7-2-1-3-7/h4-5,7H,1-3,14H2. The van der Waals surface area contributed by atoms with Gasteiger partial charge in [-0.25, -0.2) is 4.79 Å². The molecule has 0 saturated heterocycles. The van der Waals surface area contributed by atoms with Crippen molar-refractivity contribution in [2.45, 2.75) is 25.4 Å². The Balaban J connectivity index is 2.16. The molecule has 2 rings (SSSR count). The first-order valence-electron chi connectivity index (χ1n) is 5.03. The maximum absolute atomic E-state index is 11.7. The smallest absolute Gasteiger partial charge is 0.338 e. The van der Waals surface area contributed by atoms with Crippen LogP contribution in [0.3, 0.4) is 0 Å². The number of nitrogen functional groups attached to an aromatic ring is 1. The molecule has 1 aliphatic rings. The van der Waals surface area contributed by atoms with Crippen molar-refractivity contribution in [3.8, 4) is 0 Å². The van der Waals surface area contributed by atoms with Crippen molar-refractivity contribution in [2.75, 3.05) is 5.73 Å². The van der Waals surface area contributed by atoms with E-state index >= 15 is 0 Å². The van der Waals surface area contributed by atoms with Crippen LogP contribution in [0.25, 0.3) is 0 Å². The largest absolute Gasteiger partial charge is 0.459 e. The van der Waals surface area contributed by atoms with E-state index in [0.29, 0.717) is 5.56 Å². The molecule has 86 valence electrons. The molecular weight excluding hydrogens is 249 g/mol. The summed E-state index contributed by atoms with van der Waals surface area (Å²) in [6, 6.07) is 2.95. The van der Waals surface area contributed by atoms with Crippen molar-refractivity contribution in [3.63, 3.8) is 0 Å². The summed E-state index contributed by atoms with van der Waals surface area (Å²) in [7, 11) is 0. The molecule has 0 amide bonds. The molecule has 5 heteroatoms. The molecule has 0 bridgehead atoms. The second kappa shape index (κ2) is 4.52. The van der Waals surface area contributed by atoms with Crippen LogP contribution in [0.2, 0.25) is 10.0 Å². The number of halogens is 2. The number of carbonyl (C=O) groups is 1. The molecule has 2 N–H and O–H groups in total. The van der Waals surface area contributed by atoms with E-state index in [1.54, 1.807) is 0 Å². The minimum Gasteiger partial charge on any atom is -0.459 e. The van der Waals surface area contributed by atoms with Gasteiger partial charge < -0.3 is 10.5 Å². The van der Waals surface area contributed by atoms with E-state index in [0.717, 1.165) is 19.3 Å². The summed E-state index contributed by atoms with van der Waals surface area (Å²) in [6.07, 6.45) is 3.02. The predicted octanol–water partition coefficient (Wildman–Crippen LogP) is 3.28. The number of anilines is 1. The highest BCUT2D eigenvalue weighted by Gasteiger charge is 2.23.